The van der Waals surface area contributed by atoms with E-state index in [1.807, 2.05) is 20.8 Å². The van der Waals surface area contributed by atoms with E-state index in [2.05, 4.69) is 0 Å². The molecule has 57 valence electrons. The van der Waals surface area contributed by atoms with Crippen LogP contribution >= 0.6 is 0 Å². The summed E-state index contributed by atoms with van der Waals surface area (Å²) in [5.74, 6) is 0. The Balaban J connectivity index is 4.30. The van der Waals surface area contributed by atoms with E-state index in [1.54, 1.807) is 0 Å². The van der Waals surface area contributed by atoms with E-state index in [-0.39, 0.29) is 4.22 Å². The molecule has 0 aromatic carbocycles. The zero-order valence-electron chi connectivity index (χ0n) is 6.52. The Labute approximate surface area is 58.8 Å². The molecule has 4 heteroatoms. The molecule has 0 rings (SSSR count). The van der Waals surface area contributed by atoms with Crippen LogP contribution in [0.3, 0.4) is 0 Å². The van der Waals surface area contributed by atoms with Gasteiger partial charge in [0.1, 0.15) is 0 Å². The molecule has 0 spiro atoms. The maximum absolute atomic E-state index is 5.85. The van der Waals surface area contributed by atoms with Crippen molar-refractivity contribution in [1.29, 1.82) is 0 Å². The summed E-state index contributed by atoms with van der Waals surface area (Å²) in [6, 6.07) is 0. The minimum atomic E-state index is -3.34. The van der Waals surface area contributed by atoms with E-state index < -0.39 is 16.1 Å². The molecule has 0 aliphatic heterocycles. The molecule has 0 aromatic rings. The Morgan fingerprint density at radius 2 is 1.56 bits per heavy atom. The van der Waals surface area contributed by atoms with Gasteiger partial charge in [-0.2, -0.15) is 0 Å². The Morgan fingerprint density at radius 1 is 1.22 bits per heavy atom. The Morgan fingerprint density at radius 3 is 1.56 bits per heavy atom. The number of hydrogen-bond donors (Lipinski definition) is 3. The van der Waals surface area contributed by atoms with Crippen LogP contribution in [0.1, 0.15) is 20.8 Å². The molecule has 0 amide bonds. The first-order chi connectivity index (χ1) is 3.78. The SMILES string of the molecule is C[CH2][Ti]([NH2])([NH2])([NH2])[CH](C)C. The second-order valence-electron chi connectivity index (χ2n) is 3.32. The van der Waals surface area contributed by atoms with Gasteiger partial charge in [-0.25, -0.2) is 0 Å². The van der Waals surface area contributed by atoms with E-state index in [0.717, 1.165) is 4.73 Å². The van der Waals surface area contributed by atoms with Gasteiger partial charge in [-0.1, -0.05) is 0 Å². The first kappa shape index (κ1) is 9.59. The summed E-state index contributed by atoms with van der Waals surface area (Å²) in [6.45, 7) is 5.97. The third-order valence-corrected chi connectivity index (χ3v) is 9.17. The molecule has 0 heterocycles. The molecule has 0 saturated carbocycles. The molecule has 0 aliphatic carbocycles. The second kappa shape index (κ2) is 2.33. The van der Waals surface area contributed by atoms with Crippen molar-refractivity contribution in [2.75, 3.05) is 0 Å². The Hall–Kier alpha value is 0.594. The average molecular weight is 168 g/mol. The van der Waals surface area contributed by atoms with Gasteiger partial charge in [-0.3, -0.25) is 0 Å². The molecule has 9 heavy (non-hydrogen) atoms. The predicted molar refractivity (Wildman–Crippen MR) is 38.1 cm³/mol. The quantitative estimate of drug-likeness (QED) is 0.527. The van der Waals surface area contributed by atoms with Gasteiger partial charge in [0.25, 0.3) is 0 Å². The van der Waals surface area contributed by atoms with Crippen LogP contribution in [0.2, 0.25) is 8.95 Å². The van der Waals surface area contributed by atoms with Crippen LogP contribution in [0, 0.1) is 0 Å². The fourth-order valence-electron chi connectivity index (χ4n) is 0.408. The third-order valence-electron chi connectivity index (χ3n) is 2.22. The molecule has 3 nitrogen and oxygen atoms in total. The Bertz CT molecular complexity index is 103. The summed E-state index contributed by atoms with van der Waals surface area (Å²) in [7, 11) is 0. The van der Waals surface area contributed by atoms with Crippen molar-refractivity contribution in [3.05, 3.63) is 0 Å². The summed E-state index contributed by atoms with van der Waals surface area (Å²) in [5.41, 5.74) is 0. The average Bonchev–Trinajstić information content (AvgIpc) is 1.66. The molecule has 0 atom stereocenters. The summed E-state index contributed by atoms with van der Waals surface area (Å²) < 4.78 is 18.6. The van der Waals surface area contributed by atoms with Crippen LogP contribution in [0.4, 0.5) is 0 Å². The fraction of sp³-hybridized carbons (Fsp3) is 1.00. The molecule has 0 radical (unpaired) electrons. The van der Waals surface area contributed by atoms with Gasteiger partial charge in [-0.05, 0) is 0 Å². The summed E-state index contributed by atoms with van der Waals surface area (Å²) in [4.78, 5) is 0. The molecule has 0 fully saturated rings. The number of hydrogen-bond acceptors (Lipinski definition) is 3. The second-order valence-corrected chi connectivity index (χ2v) is 11.9. The number of nitrogens with two attached hydrogens (primary N) is 3. The van der Waals surface area contributed by atoms with Crippen molar-refractivity contribution < 1.29 is 16.1 Å². The van der Waals surface area contributed by atoms with E-state index in [9.17, 15) is 0 Å². The van der Waals surface area contributed by atoms with Crippen LogP contribution in [-0.4, -0.2) is 0 Å². The zero-order valence-corrected chi connectivity index (χ0v) is 8.08. The minimum absolute atomic E-state index is 0.284. The monoisotopic (exact) mass is 168 g/mol. The van der Waals surface area contributed by atoms with E-state index in [0.29, 0.717) is 0 Å². The van der Waals surface area contributed by atoms with Crippen LogP contribution in [-0.2, 0) is 16.1 Å². The standard InChI is InChI=1S/C3H7.C2H5.3H2N.Ti/c1-3-2;1-2;;;;/h3H,1-2H3;1H2,2H3;3*1H2;/q;;3*-1;+3. The van der Waals surface area contributed by atoms with Crippen molar-refractivity contribution >= 4 is 0 Å². The zero-order chi connectivity index (χ0) is 7.73. The van der Waals surface area contributed by atoms with Crippen molar-refractivity contribution in [3.8, 4) is 0 Å². The molecule has 0 unspecified atom stereocenters. The molecule has 6 N–H and O–H groups in total. The van der Waals surface area contributed by atoms with Gasteiger partial charge in [0.15, 0.2) is 0 Å². The van der Waals surface area contributed by atoms with Gasteiger partial charge in [0.05, 0.1) is 0 Å². The topological polar surface area (TPSA) is 78.1 Å². The van der Waals surface area contributed by atoms with E-state index >= 15 is 0 Å². The molecule has 0 aromatic heterocycles. The van der Waals surface area contributed by atoms with Crippen molar-refractivity contribution in [3.63, 3.8) is 0 Å². The first-order valence-corrected chi connectivity index (χ1v) is 8.08. The van der Waals surface area contributed by atoms with Crippen LogP contribution in [0.5, 0.6) is 0 Å². The van der Waals surface area contributed by atoms with Crippen LogP contribution in [0.25, 0.3) is 0 Å². The van der Waals surface area contributed by atoms with Gasteiger partial charge in [0, 0.05) is 0 Å². The van der Waals surface area contributed by atoms with E-state index in [4.69, 9.17) is 12.6 Å². The van der Waals surface area contributed by atoms with Crippen molar-refractivity contribution in [1.82, 2.24) is 0 Å². The molecule has 0 bridgehead atoms. The van der Waals surface area contributed by atoms with E-state index in [1.165, 1.54) is 0 Å². The fourth-order valence-corrected chi connectivity index (χ4v) is 1.68. The summed E-state index contributed by atoms with van der Waals surface area (Å²) in [6.07, 6.45) is 0. The van der Waals surface area contributed by atoms with Crippen LogP contribution in [0.15, 0.2) is 0 Å². The van der Waals surface area contributed by atoms with Gasteiger partial charge < -0.3 is 0 Å². The van der Waals surface area contributed by atoms with Crippen molar-refractivity contribution in [2.45, 2.75) is 29.7 Å². The maximum atomic E-state index is 5.85. The van der Waals surface area contributed by atoms with Gasteiger partial charge in [-0.15, -0.1) is 0 Å². The van der Waals surface area contributed by atoms with Crippen LogP contribution < -0.4 is 12.6 Å². The first-order valence-electron chi connectivity index (χ1n) is 3.37. The predicted octanol–water partition coefficient (Wildman–Crippen LogP) is 0.564. The molecule has 0 aliphatic rings. The number of rotatable bonds is 2. The van der Waals surface area contributed by atoms with Gasteiger partial charge in [0.2, 0.25) is 0 Å². The summed E-state index contributed by atoms with van der Waals surface area (Å²) >= 11 is -3.34. The Kier molecular flexibility index (Phi) is 2.48. The molecular weight excluding hydrogens is 150 g/mol. The molecular formula is C5H18N3Ti. The third kappa shape index (κ3) is 2.36. The van der Waals surface area contributed by atoms with Crippen molar-refractivity contribution in [2.24, 2.45) is 12.6 Å². The van der Waals surface area contributed by atoms with Gasteiger partial charge >= 0.3 is 58.4 Å². The normalized spacial score (nSPS) is 17.4. The summed E-state index contributed by atoms with van der Waals surface area (Å²) in [5, 5.41) is 0. The molecule has 0 saturated heterocycles.